The fraction of sp³-hybridized carbons (Fsp3) is 0.462. The molecule has 0 aliphatic rings. The third-order valence-electron chi connectivity index (χ3n) is 2.48. The molecule has 0 fully saturated rings. The highest BCUT2D eigenvalue weighted by Crippen LogP contribution is 2.17. The van der Waals surface area contributed by atoms with E-state index in [1.807, 2.05) is 6.92 Å². The number of halogens is 2. The van der Waals surface area contributed by atoms with E-state index >= 15 is 0 Å². The Morgan fingerprint density at radius 1 is 1.53 bits per heavy atom. The molecule has 0 spiro atoms. The molecule has 0 saturated heterocycles. The quantitative estimate of drug-likeness (QED) is 0.642. The standard InChI is InChI=1S/C13H19BrFN3O/c1-9(8-19-3)18-13(16-2)17-7-10-6-11(15)4-5-12(10)14/h4-6,9H,7-8H2,1-3H3,(H2,16,17,18). The minimum absolute atomic E-state index is 0.146. The van der Waals surface area contributed by atoms with Crippen LogP contribution in [0.15, 0.2) is 27.7 Å². The molecule has 19 heavy (non-hydrogen) atoms. The minimum atomic E-state index is -0.254. The average molecular weight is 332 g/mol. The number of methoxy groups -OCH3 is 1. The lowest BCUT2D eigenvalue weighted by atomic mass is 10.2. The fourth-order valence-corrected chi connectivity index (χ4v) is 1.96. The number of guanidine groups is 1. The lowest BCUT2D eigenvalue weighted by Crippen LogP contribution is -2.43. The molecule has 0 aliphatic heterocycles. The highest BCUT2D eigenvalue weighted by Gasteiger charge is 2.06. The van der Waals surface area contributed by atoms with Crippen molar-refractivity contribution in [3.63, 3.8) is 0 Å². The Labute approximate surface area is 121 Å². The lowest BCUT2D eigenvalue weighted by molar-refractivity contribution is 0.179. The lowest BCUT2D eigenvalue weighted by Gasteiger charge is -2.17. The number of rotatable bonds is 5. The summed E-state index contributed by atoms with van der Waals surface area (Å²) in [5.41, 5.74) is 0.836. The smallest absolute Gasteiger partial charge is 0.191 e. The molecule has 0 aliphatic carbocycles. The van der Waals surface area contributed by atoms with Gasteiger partial charge in [-0.25, -0.2) is 4.39 Å². The van der Waals surface area contributed by atoms with E-state index in [4.69, 9.17) is 4.74 Å². The van der Waals surface area contributed by atoms with Crippen molar-refractivity contribution in [2.45, 2.75) is 19.5 Å². The van der Waals surface area contributed by atoms with Gasteiger partial charge >= 0.3 is 0 Å². The molecular formula is C13H19BrFN3O. The third kappa shape index (κ3) is 5.57. The van der Waals surface area contributed by atoms with E-state index < -0.39 is 0 Å². The fourth-order valence-electron chi connectivity index (χ4n) is 1.58. The van der Waals surface area contributed by atoms with Crippen LogP contribution in [-0.4, -0.2) is 32.8 Å². The van der Waals surface area contributed by atoms with Crippen LogP contribution in [0.25, 0.3) is 0 Å². The van der Waals surface area contributed by atoms with Crippen molar-refractivity contribution in [3.8, 4) is 0 Å². The Bertz CT molecular complexity index is 440. The molecule has 0 amide bonds. The Hall–Kier alpha value is -1.14. The first kappa shape index (κ1) is 15.9. The van der Waals surface area contributed by atoms with Crippen molar-refractivity contribution in [1.82, 2.24) is 10.6 Å². The number of nitrogens with zero attached hydrogens (tertiary/aromatic N) is 1. The largest absolute Gasteiger partial charge is 0.383 e. The molecule has 0 aromatic heterocycles. The molecule has 1 atom stereocenters. The van der Waals surface area contributed by atoms with Crippen LogP contribution in [-0.2, 0) is 11.3 Å². The molecule has 1 aromatic rings. The molecule has 2 N–H and O–H groups in total. The van der Waals surface area contributed by atoms with E-state index in [9.17, 15) is 4.39 Å². The average Bonchev–Trinajstić information content (AvgIpc) is 2.38. The van der Waals surface area contributed by atoms with E-state index in [1.165, 1.54) is 12.1 Å². The number of benzene rings is 1. The summed E-state index contributed by atoms with van der Waals surface area (Å²) in [6, 6.07) is 4.74. The van der Waals surface area contributed by atoms with Crippen molar-refractivity contribution < 1.29 is 9.13 Å². The van der Waals surface area contributed by atoms with E-state index in [-0.39, 0.29) is 11.9 Å². The molecule has 0 radical (unpaired) electrons. The highest BCUT2D eigenvalue weighted by molar-refractivity contribution is 9.10. The van der Waals surface area contributed by atoms with Gasteiger partial charge in [-0.05, 0) is 30.7 Å². The van der Waals surface area contributed by atoms with Crippen LogP contribution in [0.2, 0.25) is 0 Å². The van der Waals surface area contributed by atoms with Gasteiger partial charge in [-0.1, -0.05) is 15.9 Å². The van der Waals surface area contributed by atoms with E-state index in [0.29, 0.717) is 19.1 Å². The second-order valence-corrected chi connectivity index (χ2v) is 5.02. The van der Waals surface area contributed by atoms with Gasteiger partial charge in [0.25, 0.3) is 0 Å². The van der Waals surface area contributed by atoms with Crippen molar-refractivity contribution >= 4 is 21.9 Å². The van der Waals surface area contributed by atoms with Crippen molar-refractivity contribution in [2.75, 3.05) is 20.8 Å². The van der Waals surface area contributed by atoms with Gasteiger partial charge in [0, 0.05) is 31.2 Å². The molecule has 4 nitrogen and oxygen atoms in total. The Kier molecular flexibility index (Phi) is 6.80. The van der Waals surface area contributed by atoms with Gasteiger partial charge in [-0.3, -0.25) is 4.99 Å². The van der Waals surface area contributed by atoms with E-state index in [2.05, 4.69) is 31.6 Å². The Morgan fingerprint density at radius 2 is 2.26 bits per heavy atom. The van der Waals surface area contributed by atoms with Crippen LogP contribution < -0.4 is 10.6 Å². The second-order valence-electron chi connectivity index (χ2n) is 4.16. The van der Waals surface area contributed by atoms with Gasteiger partial charge < -0.3 is 15.4 Å². The Balaban J connectivity index is 2.56. The molecule has 1 aromatic carbocycles. The van der Waals surface area contributed by atoms with Crippen molar-refractivity contribution in [2.24, 2.45) is 4.99 Å². The molecule has 0 bridgehead atoms. The van der Waals surface area contributed by atoms with Crippen LogP contribution in [0.4, 0.5) is 4.39 Å². The van der Waals surface area contributed by atoms with Gasteiger partial charge in [-0.15, -0.1) is 0 Å². The summed E-state index contributed by atoms with van der Waals surface area (Å²) in [5.74, 6) is 0.399. The van der Waals surface area contributed by atoms with Crippen LogP contribution >= 0.6 is 15.9 Å². The SMILES string of the molecule is CN=C(NCc1cc(F)ccc1Br)NC(C)COC. The van der Waals surface area contributed by atoms with Crippen LogP contribution in [0.3, 0.4) is 0 Å². The summed E-state index contributed by atoms with van der Waals surface area (Å²) in [5, 5.41) is 6.31. The van der Waals surface area contributed by atoms with Gasteiger partial charge in [0.1, 0.15) is 5.82 Å². The summed E-state index contributed by atoms with van der Waals surface area (Å²) in [6.07, 6.45) is 0. The normalized spacial score (nSPS) is 13.2. The maximum absolute atomic E-state index is 13.2. The third-order valence-corrected chi connectivity index (χ3v) is 3.25. The van der Waals surface area contributed by atoms with Crippen molar-refractivity contribution in [1.29, 1.82) is 0 Å². The van der Waals surface area contributed by atoms with Crippen LogP contribution in [0.5, 0.6) is 0 Å². The second kappa shape index (κ2) is 8.12. The molecule has 0 saturated carbocycles. The number of ether oxygens (including phenoxy) is 1. The van der Waals surface area contributed by atoms with E-state index in [1.54, 1.807) is 20.2 Å². The number of aliphatic imine (C=N–C) groups is 1. The van der Waals surface area contributed by atoms with Gasteiger partial charge in [0.2, 0.25) is 0 Å². The summed E-state index contributed by atoms with van der Waals surface area (Å²) in [7, 11) is 3.34. The summed E-state index contributed by atoms with van der Waals surface area (Å²) >= 11 is 3.39. The van der Waals surface area contributed by atoms with Crippen LogP contribution in [0, 0.1) is 5.82 Å². The number of nitrogens with one attached hydrogen (secondary N) is 2. The maximum Gasteiger partial charge on any atom is 0.191 e. The maximum atomic E-state index is 13.2. The zero-order valence-electron chi connectivity index (χ0n) is 11.3. The zero-order chi connectivity index (χ0) is 14.3. The molecule has 0 heterocycles. The first-order valence-corrected chi connectivity index (χ1v) is 6.76. The highest BCUT2D eigenvalue weighted by atomic mass is 79.9. The first-order valence-electron chi connectivity index (χ1n) is 5.97. The molecular weight excluding hydrogens is 313 g/mol. The number of hydrogen-bond donors (Lipinski definition) is 2. The number of hydrogen-bond acceptors (Lipinski definition) is 2. The topological polar surface area (TPSA) is 45.7 Å². The summed E-state index contributed by atoms with van der Waals surface area (Å²) in [6.45, 7) is 3.07. The van der Waals surface area contributed by atoms with Gasteiger partial charge in [-0.2, -0.15) is 0 Å². The predicted molar refractivity (Wildman–Crippen MR) is 78.8 cm³/mol. The van der Waals surface area contributed by atoms with Gasteiger partial charge in [0.15, 0.2) is 5.96 Å². The Morgan fingerprint density at radius 3 is 2.89 bits per heavy atom. The van der Waals surface area contributed by atoms with E-state index in [0.717, 1.165) is 10.0 Å². The van der Waals surface area contributed by atoms with Crippen molar-refractivity contribution in [3.05, 3.63) is 34.1 Å². The van der Waals surface area contributed by atoms with Gasteiger partial charge in [0.05, 0.1) is 6.61 Å². The molecule has 106 valence electrons. The monoisotopic (exact) mass is 331 g/mol. The molecule has 6 heteroatoms. The molecule has 1 rings (SSSR count). The zero-order valence-corrected chi connectivity index (χ0v) is 12.9. The predicted octanol–water partition coefficient (Wildman–Crippen LogP) is 2.29. The first-order chi connectivity index (χ1) is 9.06. The minimum Gasteiger partial charge on any atom is -0.383 e. The summed E-state index contributed by atoms with van der Waals surface area (Å²) < 4.78 is 19.1. The summed E-state index contributed by atoms with van der Waals surface area (Å²) in [4.78, 5) is 4.11. The van der Waals surface area contributed by atoms with Crippen LogP contribution in [0.1, 0.15) is 12.5 Å². The molecule has 1 unspecified atom stereocenters.